The molecule has 1 aromatic carbocycles. The first-order valence-electron chi connectivity index (χ1n) is 8.06. The minimum atomic E-state index is -3.18. The lowest BCUT2D eigenvalue weighted by atomic mass is 10.1. The Morgan fingerprint density at radius 1 is 1.17 bits per heavy atom. The van der Waals surface area contributed by atoms with Crippen molar-refractivity contribution in [3.8, 4) is 0 Å². The van der Waals surface area contributed by atoms with Crippen molar-refractivity contribution in [2.24, 2.45) is 0 Å². The van der Waals surface area contributed by atoms with Crippen LogP contribution in [-0.4, -0.2) is 44.0 Å². The molecular formula is C16H25N3O3S. The normalized spacial score (nSPS) is 15.7. The first kappa shape index (κ1) is 17.7. The number of nitrogens with two attached hydrogens (primary N) is 1. The number of benzene rings is 1. The van der Waals surface area contributed by atoms with Crippen LogP contribution in [0, 0.1) is 0 Å². The monoisotopic (exact) mass is 339 g/mol. The number of hydrogen-bond donors (Lipinski definition) is 2. The molecule has 0 aliphatic carbocycles. The Labute approximate surface area is 138 Å². The van der Waals surface area contributed by atoms with Crippen molar-refractivity contribution in [1.82, 2.24) is 9.62 Å². The molecule has 2 rings (SSSR count). The van der Waals surface area contributed by atoms with Gasteiger partial charge in [-0.2, -0.15) is 0 Å². The van der Waals surface area contributed by atoms with Crippen LogP contribution in [0.2, 0.25) is 0 Å². The van der Waals surface area contributed by atoms with Crippen LogP contribution in [0.15, 0.2) is 24.3 Å². The van der Waals surface area contributed by atoms with Crippen LogP contribution >= 0.6 is 0 Å². The summed E-state index contributed by atoms with van der Waals surface area (Å²) in [6, 6.07) is 7.54. The number of anilines is 1. The maximum absolute atomic E-state index is 12.0. The molecule has 1 aliphatic rings. The fraction of sp³-hybridized carbons (Fsp3) is 0.562. The molecule has 0 atom stereocenters. The minimum absolute atomic E-state index is 0.0540. The highest BCUT2D eigenvalue weighted by Gasteiger charge is 2.24. The number of nitrogens with zero attached hydrogens (tertiary/aromatic N) is 1. The van der Waals surface area contributed by atoms with Crippen molar-refractivity contribution < 1.29 is 13.2 Å². The highest BCUT2D eigenvalue weighted by Crippen LogP contribution is 2.14. The molecule has 0 aromatic heterocycles. The molecule has 6 nitrogen and oxygen atoms in total. The maximum atomic E-state index is 12.0. The van der Waals surface area contributed by atoms with Gasteiger partial charge in [0, 0.05) is 31.7 Å². The summed E-state index contributed by atoms with van der Waals surface area (Å²) in [5, 5.41) is 2.82. The molecule has 0 saturated carbocycles. The van der Waals surface area contributed by atoms with Crippen LogP contribution in [0.25, 0.3) is 0 Å². The molecule has 0 unspecified atom stereocenters. The van der Waals surface area contributed by atoms with Gasteiger partial charge < -0.3 is 11.1 Å². The fourth-order valence-electron chi connectivity index (χ4n) is 2.63. The van der Waals surface area contributed by atoms with Crippen LogP contribution < -0.4 is 11.1 Å². The predicted octanol–water partition coefficient (Wildman–Crippen LogP) is 1.13. The van der Waals surface area contributed by atoms with Crippen LogP contribution in [0.4, 0.5) is 5.69 Å². The number of carbonyl (C=O) groups is 1. The number of rotatable bonds is 8. The van der Waals surface area contributed by atoms with Gasteiger partial charge in [0.05, 0.1) is 5.75 Å². The number of hydrogen-bond acceptors (Lipinski definition) is 4. The van der Waals surface area contributed by atoms with E-state index in [-0.39, 0.29) is 18.1 Å². The number of carbonyl (C=O) groups excluding carboxylic acids is 1. The zero-order valence-corrected chi connectivity index (χ0v) is 14.1. The minimum Gasteiger partial charge on any atom is -0.399 e. The summed E-state index contributed by atoms with van der Waals surface area (Å²) in [6.07, 6.45) is 3.22. The third-order valence-electron chi connectivity index (χ3n) is 3.98. The number of nitrogens with one attached hydrogen (secondary N) is 1. The second kappa shape index (κ2) is 8.31. The first-order chi connectivity index (χ1) is 11.0. The standard InChI is InChI=1S/C16H25N3O3S/c17-15-7-5-14(6-8-15)9-10-18-16(20)4-3-13-23(21,22)19-11-1-2-12-19/h5-8H,1-4,9-13,17H2,(H,18,20). The molecule has 0 spiro atoms. The van der Waals surface area contributed by atoms with Crippen molar-refractivity contribution in [1.29, 1.82) is 0 Å². The van der Waals surface area contributed by atoms with E-state index in [1.54, 1.807) is 0 Å². The average molecular weight is 339 g/mol. The van der Waals surface area contributed by atoms with E-state index in [9.17, 15) is 13.2 Å². The molecule has 1 heterocycles. The van der Waals surface area contributed by atoms with Crippen LogP contribution in [0.1, 0.15) is 31.2 Å². The molecule has 0 radical (unpaired) electrons. The molecule has 1 aliphatic heterocycles. The summed E-state index contributed by atoms with van der Waals surface area (Å²) in [6.45, 7) is 1.79. The van der Waals surface area contributed by atoms with E-state index in [2.05, 4.69) is 5.32 Å². The summed E-state index contributed by atoms with van der Waals surface area (Å²) in [5.41, 5.74) is 7.44. The number of sulfonamides is 1. The molecule has 0 bridgehead atoms. The van der Waals surface area contributed by atoms with Crippen LogP contribution in [0.5, 0.6) is 0 Å². The van der Waals surface area contributed by atoms with Crippen molar-refractivity contribution in [2.45, 2.75) is 32.1 Å². The van der Waals surface area contributed by atoms with Gasteiger partial charge in [0.2, 0.25) is 15.9 Å². The van der Waals surface area contributed by atoms with Gasteiger partial charge in [0.25, 0.3) is 0 Å². The van der Waals surface area contributed by atoms with E-state index >= 15 is 0 Å². The molecule has 3 N–H and O–H groups in total. The number of nitrogen functional groups attached to an aromatic ring is 1. The van der Waals surface area contributed by atoms with Gasteiger partial charge in [0.1, 0.15) is 0 Å². The largest absolute Gasteiger partial charge is 0.399 e. The Hall–Kier alpha value is -1.60. The van der Waals surface area contributed by atoms with E-state index < -0.39 is 10.0 Å². The van der Waals surface area contributed by atoms with Gasteiger partial charge in [-0.05, 0) is 43.4 Å². The molecule has 1 saturated heterocycles. The lowest BCUT2D eigenvalue weighted by Gasteiger charge is -2.15. The molecule has 1 amide bonds. The van der Waals surface area contributed by atoms with E-state index in [1.165, 1.54) is 4.31 Å². The second-order valence-corrected chi connectivity index (χ2v) is 7.96. The Morgan fingerprint density at radius 2 is 1.83 bits per heavy atom. The Morgan fingerprint density at radius 3 is 2.48 bits per heavy atom. The summed E-state index contributed by atoms with van der Waals surface area (Å²) >= 11 is 0. The second-order valence-electron chi connectivity index (χ2n) is 5.87. The molecule has 7 heteroatoms. The maximum Gasteiger partial charge on any atom is 0.220 e. The van der Waals surface area contributed by atoms with Crippen LogP contribution in [-0.2, 0) is 21.2 Å². The third kappa shape index (κ3) is 5.84. The quantitative estimate of drug-likeness (QED) is 0.695. The van der Waals surface area contributed by atoms with Crippen molar-refractivity contribution in [2.75, 3.05) is 31.1 Å². The Balaban J connectivity index is 1.62. The predicted molar refractivity (Wildman–Crippen MR) is 91.4 cm³/mol. The van der Waals surface area contributed by atoms with Gasteiger partial charge in [-0.3, -0.25) is 4.79 Å². The van der Waals surface area contributed by atoms with Gasteiger partial charge >= 0.3 is 0 Å². The summed E-state index contributed by atoms with van der Waals surface area (Å²) in [7, 11) is -3.18. The van der Waals surface area contributed by atoms with Crippen LogP contribution in [0.3, 0.4) is 0 Å². The van der Waals surface area contributed by atoms with Gasteiger partial charge in [-0.1, -0.05) is 12.1 Å². The molecule has 23 heavy (non-hydrogen) atoms. The summed E-state index contributed by atoms with van der Waals surface area (Å²) in [4.78, 5) is 11.8. The zero-order valence-electron chi connectivity index (χ0n) is 13.3. The topological polar surface area (TPSA) is 92.5 Å². The van der Waals surface area contributed by atoms with E-state index in [0.717, 1.165) is 30.5 Å². The van der Waals surface area contributed by atoms with Gasteiger partial charge in [0.15, 0.2) is 0 Å². The highest BCUT2D eigenvalue weighted by atomic mass is 32.2. The molecule has 1 fully saturated rings. The van der Waals surface area contributed by atoms with Crippen molar-refractivity contribution in [3.63, 3.8) is 0 Å². The van der Waals surface area contributed by atoms with Gasteiger partial charge in [-0.15, -0.1) is 0 Å². The number of amides is 1. The highest BCUT2D eigenvalue weighted by molar-refractivity contribution is 7.89. The lowest BCUT2D eigenvalue weighted by molar-refractivity contribution is -0.121. The fourth-order valence-corrected chi connectivity index (χ4v) is 4.21. The van der Waals surface area contributed by atoms with Gasteiger partial charge in [-0.25, -0.2) is 12.7 Å². The Bertz CT molecular complexity index is 608. The summed E-state index contributed by atoms with van der Waals surface area (Å²) < 4.78 is 25.6. The Kier molecular flexibility index (Phi) is 6.41. The van der Waals surface area contributed by atoms with E-state index in [1.807, 2.05) is 24.3 Å². The third-order valence-corrected chi connectivity index (χ3v) is 5.94. The van der Waals surface area contributed by atoms with Crippen molar-refractivity contribution in [3.05, 3.63) is 29.8 Å². The lowest BCUT2D eigenvalue weighted by Crippen LogP contribution is -2.31. The smallest absolute Gasteiger partial charge is 0.220 e. The van der Waals surface area contributed by atoms with Crippen molar-refractivity contribution >= 4 is 21.6 Å². The SMILES string of the molecule is Nc1ccc(CCNC(=O)CCCS(=O)(=O)N2CCCC2)cc1. The van der Waals surface area contributed by atoms with E-state index in [0.29, 0.717) is 26.1 Å². The zero-order chi connectivity index (χ0) is 16.7. The average Bonchev–Trinajstić information content (AvgIpc) is 3.04. The molecule has 1 aromatic rings. The first-order valence-corrected chi connectivity index (χ1v) is 9.67. The van der Waals surface area contributed by atoms with E-state index in [4.69, 9.17) is 5.73 Å². The summed E-state index contributed by atoms with van der Waals surface area (Å²) in [5.74, 6) is -0.0460. The molecular weight excluding hydrogens is 314 g/mol. The molecule has 128 valence electrons.